The number of nitrogens with zero attached hydrogens (tertiary/aromatic N) is 1. The van der Waals surface area contributed by atoms with Crippen molar-refractivity contribution < 1.29 is 0 Å². The number of hydrogen-bond acceptors (Lipinski definition) is 2. The monoisotopic (exact) mass is 238 g/mol. The smallest absolute Gasteiger partial charge is 0.0168 e. The summed E-state index contributed by atoms with van der Waals surface area (Å²) in [6.07, 6.45) is 6.21. The minimum Gasteiger partial charge on any atom is -0.312 e. The van der Waals surface area contributed by atoms with E-state index in [-0.39, 0.29) is 5.54 Å². The van der Waals surface area contributed by atoms with Crippen LogP contribution in [-0.4, -0.2) is 36.1 Å². The summed E-state index contributed by atoms with van der Waals surface area (Å²) in [4.78, 5) is 2.60. The van der Waals surface area contributed by atoms with Crippen LogP contribution in [0.3, 0.4) is 0 Å². The van der Waals surface area contributed by atoms with Crippen molar-refractivity contribution in [2.75, 3.05) is 19.6 Å². The van der Waals surface area contributed by atoms with Gasteiger partial charge in [-0.1, -0.05) is 11.6 Å². The van der Waals surface area contributed by atoms with Gasteiger partial charge in [-0.05, 0) is 60.4 Å². The summed E-state index contributed by atoms with van der Waals surface area (Å²) in [7, 11) is 0. The molecule has 0 aromatic carbocycles. The lowest BCUT2D eigenvalue weighted by atomic mass is 10.1. The molecule has 0 radical (unpaired) electrons. The van der Waals surface area contributed by atoms with Crippen LogP contribution in [0.25, 0.3) is 0 Å². The zero-order valence-corrected chi connectivity index (χ0v) is 12.3. The summed E-state index contributed by atoms with van der Waals surface area (Å²) < 4.78 is 0. The first-order valence-corrected chi connectivity index (χ1v) is 7.03. The second-order valence-corrected chi connectivity index (χ2v) is 6.46. The summed E-state index contributed by atoms with van der Waals surface area (Å²) in [5.74, 6) is 0. The van der Waals surface area contributed by atoms with Crippen molar-refractivity contribution in [1.29, 1.82) is 0 Å². The maximum Gasteiger partial charge on any atom is 0.0168 e. The van der Waals surface area contributed by atoms with E-state index in [1.165, 1.54) is 25.8 Å². The molecule has 0 fully saturated rings. The maximum atomic E-state index is 3.56. The Labute approximate surface area is 107 Å². The molecule has 1 unspecified atom stereocenters. The Balaban J connectivity index is 2.15. The zero-order chi connectivity index (χ0) is 12.9. The fraction of sp³-hybridized carbons (Fsp3) is 0.867. The third-order valence-corrected chi connectivity index (χ3v) is 3.54. The predicted octanol–water partition coefficient (Wildman–Crippen LogP) is 3.20. The molecule has 1 aliphatic rings. The van der Waals surface area contributed by atoms with Gasteiger partial charge in [-0.25, -0.2) is 0 Å². The molecule has 0 saturated heterocycles. The molecule has 1 rings (SSSR count). The van der Waals surface area contributed by atoms with Gasteiger partial charge >= 0.3 is 0 Å². The van der Waals surface area contributed by atoms with Crippen LogP contribution in [0.5, 0.6) is 0 Å². The highest BCUT2D eigenvalue weighted by molar-refractivity contribution is 5.04. The summed E-state index contributed by atoms with van der Waals surface area (Å²) >= 11 is 0. The molecule has 0 aliphatic carbocycles. The number of hydrogen-bond donors (Lipinski definition) is 1. The Bertz CT molecular complexity index is 250. The molecule has 17 heavy (non-hydrogen) atoms. The largest absolute Gasteiger partial charge is 0.312 e. The minimum absolute atomic E-state index is 0.258. The van der Waals surface area contributed by atoms with E-state index in [2.05, 4.69) is 50.9 Å². The highest BCUT2D eigenvalue weighted by Gasteiger charge is 2.15. The van der Waals surface area contributed by atoms with Crippen LogP contribution in [-0.2, 0) is 0 Å². The Kier molecular flexibility index (Phi) is 5.68. The van der Waals surface area contributed by atoms with Gasteiger partial charge in [-0.2, -0.15) is 0 Å². The van der Waals surface area contributed by atoms with Crippen molar-refractivity contribution in [2.24, 2.45) is 0 Å². The van der Waals surface area contributed by atoms with Gasteiger partial charge < -0.3 is 5.32 Å². The van der Waals surface area contributed by atoms with Crippen molar-refractivity contribution in [2.45, 2.75) is 65.5 Å². The van der Waals surface area contributed by atoms with Gasteiger partial charge in [0.1, 0.15) is 0 Å². The third-order valence-electron chi connectivity index (χ3n) is 3.54. The molecule has 100 valence electrons. The Morgan fingerprint density at radius 1 is 1.41 bits per heavy atom. The summed E-state index contributed by atoms with van der Waals surface area (Å²) in [5, 5.41) is 3.56. The first-order valence-electron chi connectivity index (χ1n) is 7.03. The van der Waals surface area contributed by atoms with E-state index in [1.807, 2.05) is 0 Å². The average Bonchev–Trinajstić information content (AvgIpc) is 2.24. The van der Waals surface area contributed by atoms with Crippen LogP contribution >= 0.6 is 0 Å². The van der Waals surface area contributed by atoms with Crippen LogP contribution in [0, 0.1) is 0 Å². The topological polar surface area (TPSA) is 15.3 Å². The van der Waals surface area contributed by atoms with Crippen LogP contribution in [0.1, 0.15) is 53.9 Å². The van der Waals surface area contributed by atoms with Gasteiger partial charge in [-0.3, -0.25) is 4.90 Å². The van der Waals surface area contributed by atoms with Gasteiger partial charge in [0.05, 0.1) is 0 Å². The predicted molar refractivity (Wildman–Crippen MR) is 76.4 cm³/mol. The van der Waals surface area contributed by atoms with Gasteiger partial charge in [0.15, 0.2) is 0 Å². The molecule has 0 aromatic heterocycles. The average molecular weight is 238 g/mol. The highest BCUT2D eigenvalue weighted by atomic mass is 15.1. The van der Waals surface area contributed by atoms with Gasteiger partial charge in [0.25, 0.3) is 0 Å². The lowest BCUT2D eigenvalue weighted by Gasteiger charge is -2.31. The number of rotatable bonds is 5. The molecular weight excluding hydrogens is 208 g/mol. The van der Waals surface area contributed by atoms with E-state index in [1.54, 1.807) is 5.57 Å². The lowest BCUT2D eigenvalue weighted by Crippen LogP contribution is -2.39. The standard InChI is InChI=1S/C15H30N2/c1-13-8-11-17(12-9-13)14(2)7-6-10-16-15(3,4)5/h8,14,16H,6-7,9-12H2,1-5H3. The Morgan fingerprint density at radius 3 is 2.65 bits per heavy atom. The molecule has 0 saturated carbocycles. The number of nitrogens with one attached hydrogen (secondary N) is 1. The summed E-state index contributed by atoms with van der Waals surface area (Å²) in [6, 6.07) is 0.723. The molecule has 0 spiro atoms. The lowest BCUT2D eigenvalue weighted by molar-refractivity contribution is 0.210. The minimum atomic E-state index is 0.258. The maximum absolute atomic E-state index is 3.56. The van der Waals surface area contributed by atoms with E-state index in [0.29, 0.717) is 0 Å². The SMILES string of the molecule is CC1=CCN(C(C)CCCNC(C)(C)C)CC1. The summed E-state index contributed by atoms with van der Waals surface area (Å²) in [6.45, 7) is 14.8. The van der Waals surface area contributed by atoms with Crippen molar-refractivity contribution in [3.63, 3.8) is 0 Å². The van der Waals surface area contributed by atoms with Crippen molar-refractivity contribution in [3.05, 3.63) is 11.6 Å². The quantitative estimate of drug-likeness (QED) is 0.584. The zero-order valence-electron chi connectivity index (χ0n) is 12.3. The van der Waals surface area contributed by atoms with Gasteiger partial charge in [-0.15, -0.1) is 0 Å². The molecule has 1 atom stereocenters. The van der Waals surface area contributed by atoms with Crippen molar-refractivity contribution in [3.8, 4) is 0 Å². The van der Waals surface area contributed by atoms with Crippen LogP contribution in [0.4, 0.5) is 0 Å². The Morgan fingerprint density at radius 2 is 2.12 bits per heavy atom. The van der Waals surface area contributed by atoms with Crippen molar-refractivity contribution in [1.82, 2.24) is 10.2 Å². The molecule has 1 N–H and O–H groups in total. The molecule has 2 nitrogen and oxygen atoms in total. The first-order chi connectivity index (χ1) is 7.88. The van der Waals surface area contributed by atoms with Crippen LogP contribution < -0.4 is 5.32 Å². The second-order valence-electron chi connectivity index (χ2n) is 6.46. The molecule has 1 heterocycles. The van der Waals surface area contributed by atoms with E-state index in [4.69, 9.17) is 0 Å². The fourth-order valence-electron chi connectivity index (χ4n) is 2.23. The van der Waals surface area contributed by atoms with Crippen molar-refractivity contribution >= 4 is 0 Å². The molecule has 0 bridgehead atoms. The molecule has 1 aliphatic heterocycles. The molecule has 0 aromatic rings. The van der Waals surface area contributed by atoms with E-state index < -0.39 is 0 Å². The van der Waals surface area contributed by atoms with E-state index >= 15 is 0 Å². The first kappa shape index (κ1) is 14.7. The molecular formula is C15H30N2. The summed E-state index contributed by atoms with van der Waals surface area (Å²) in [5.41, 5.74) is 1.82. The normalized spacial score (nSPS) is 20.2. The molecule has 2 heteroatoms. The van der Waals surface area contributed by atoms with Crippen LogP contribution in [0.2, 0.25) is 0 Å². The van der Waals surface area contributed by atoms with Gasteiger partial charge in [0.2, 0.25) is 0 Å². The fourth-order valence-corrected chi connectivity index (χ4v) is 2.23. The Hall–Kier alpha value is -0.340. The van der Waals surface area contributed by atoms with Gasteiger partial charge in [0, 0.05) is 24.7 Å². The second kappa shape index (κ2) is 6.55. The van der Waals surface area contributed by atoms with E-state index in [0.717, 1.165) is 19.1 Å². The third kappa shape index (κ3) is 6.23. The molecule has 0 amide bonds. The highest BCUT2D eigenvalue weighted by Crippen LogP contribution is 2.15. The van der Waals surface area contributed by atoms with Crippen LogP contribution in [0.15, 0.2) is 11.6 Å². The van der Waals surface area contributed by atoms with E-state index in [9.17, 15) is 0 Å².